The Balaban J connectivity index is 1.48. The second-order valence-electron chi connectivity index (χ2n) is 8.35. The minimum absolute atomic E-state index is 0.00771. The van der Waals surface area contributed by atoms with E-state index in [4.69, 9.17) is 9.47 Å². The monoisotopic (exact) mass is 629 g/mol. The molecule has 38 heavy (non-hydrogen) atoms. The standard InChI is InChI=1S/C28H25FIN3O5/c1-3-18-8-5-7-11-22(18)31-25(34)15-33-27(35)23(32-28(33)36)13-17-12-21(30)26(24(14-17)37-2)38-16-19-9-4-6-10-20(19)29/h4-14H,3,15-16H2,1-2H3,(H,31,34)(H,32,36)/b23-13+. The van der Waals surface area contributed by atoms with Crippen molar-refractivity contribution in [3.63, 3.8) is 0 Å². The van der Waals surface area contributed by atoms with E-state index >= 15 is 0 Å². The number of imide groups is 1. The van der Waals surface area contributed by atoms with Gasteiger partial charge in [-0.25, -0.2) is 14.1 Å². The van der Waals surface area contributed by atoms with Crippen LogP contribution in [0.1, 0.15) is 23.6 Å². The number of nitrogens with zero attached hydrogens (tertiary/aromatic N) is 1. The first-order chi connectivity index (χ1) is 18.3. The van der Waals surface area contributed by atoms with E-state index in [9.17, 15) is 18.8 Å². The van der Waals surface area contributed by atoms with Crippen LogP contribution in [0.2, 0.25) is 0 Å². The average molecular weight is 629 g/mol. The lowest BCUT2D eigenvalue weighted by molar-refractivity contribution is -0.127. The summed E-state index contributed by atoms with van der Waals surface area (Å²) in [5.74, 6) is -0.675. The highest BCUT2D eigenvalue weighted by molar-refractivity contribution is 14.1. The molecule has 3 aromatic carbocycles. The van der Waals surface area contributed by atoms with Crippen LogP contribution in [0, 0.1) is 9.39 Å². The Morgan fingerprint density at radius 1 is 1.11 bits per heavy atom. The molecule has 1 heterocycles. The van der Waals surface area contributed by atoms with E-state index in [1.54, 1.807) is 42.5 Å². The predicted molar refractivity (Wildman–Crippen MR) is 149 cm³/mol. The number of aryl methyl sites for hydroxylation is 1. The van der Waals surface area contributed by atoms with E-state index in [1.807, 2.05) is 19.1 Å². The zero-order valence-corrected chi connectivity index (χ0v) is 22.9. The number of para-hydroxylation sites is 1. The van der Waals surface area contributed by atoms with Gasteiger partial charge in [0, 0.05) is 11.3 Å². The molecule has 196 valence electrons. The second kappa shape index (κ2) is 12.1. The van der Waals surface area contributed by atoms with Gasteiger partial charge in [0.2, 0.25) is 5.91 Å². The average Bonchev–Trinajstić information content (AvgIpc) is 3.16. The fraction of sp³-hybridized carbons (Fsp3) is 0.179. The Bertz CT molecular complexity index is 1430. The number of methoxy groups -OCH3 is 1. The molecule has 10 heteroatoms. The van der Waals surface area contributed by atoms with Gasteiger partial charge in [0.05, 0.1) is 10.7 Å². The maximum atomic E-state index is 14.0. The molecule has 0 aromatic heterocycles. The van der Waals surface area contributed by atoms with Crippen LogP contribution < -0.4 is 20.1 Å². The van der Waals surface area contributed by atoms with Crippen molar-refractivity contribution in [1.29, 1.82) is 0 Å². The lowest BCUT2D eigenvalue weighted by atomic mass is 10.1. The molecule has 0 unspecified atom stereocenters. The molecular formula is C28H25FIN3O5. The molecule has 1 aliphatic heterocycles. The topological polar surface area (TPSA) is 97.0 Å². The Morgan fingerprint density at radius 2 is 1.82 bits per heavy atom. The Labute approximate surface area is 232 Å². The van der Waals surface area contributed by atoms with Crippen LogP contribution in [0.25, 0.3) is 6.08 Å². The predicted octanol–water partition coefficient (Wildman–Crippen LogP) is 5.11. The fourth-order valence-corrected chi connectivity index (χ4v) is 4.68. The van der Waals surface area contributed by atoms with Crippen molar-refractivity contribution in [2.75, 3.05) is 19.0 Å². The van der Waals surface area contributed by atoms with E-state index in [0.29, 0.717) is 31.9 Å². The smallest absolute Gasteiger partial charge is 0.329 e. The van der Waals surface area contributed by atoms with E-state index in [1.165, 1.54) is 19.3 Å². The van der Waals surface area contributed by atoms with Crippen molar-refractivity contribution >= 4 is 52.2 Å². The van der Waals surface area contributed by atoms with Crippen LogP contribution in [0.5, 0.6) is 11.5 Å². The van der Waals surface area contributed by atoms with Crippen LogP contribution in [0.15, 0.2) is 66.4 Å². The van der Waals surface area contributed by atoms with Gasteiger partial charge in [-0.2, -0.15) is 0 Å². The third-order valence-electron chi connectivity index (χ3n) is 5.83. The molecule has 1 aliphatic rings. The minimum Gasteiger partial charge on any atom is -0.493 e. The van der Waals surface area contributed by atoms with Crippen LogP contribution >= 0.6 is 22.6 Å². The van der Waals surface area contributed by atoms with E-state index in [2.05, 4.69) is 33.2 Å². The van der Waals surface area contributed by atoms with Crippen molar-refractivity contribution in [3.05, 3.63) is 92.4 Å². The van der Waals surface area contributed by atoms with E-state index < -0.39 is 24.4 Å². The lowest BCUT2D eigenvalue weighted by Crippen LogP contribution is -2.38. The first-order valence-electron chi connectivity index (χ1n) is 11.8. The molecule has 1 fully saturated rings. The number of hydrogen-bond donors (Lipinski definition) is 2. The minimum atomic E-state index is -0.688. The van der Waals surface area contributed by atoms with Crippen molar-refractivity contribution in [2.24, 2.45) is 0 Å². The van der Waals surface area contributed by atoms with Crippen LogP contribution in [0.4, 0.5) is 14.9 Å². The van der Waals surface area contributed by atoms with Crippen molar-refractivity contribution < 1.29 is 28.2 Å². The lowest BCUT2D eigenvalue weighted by Gasteiger charge is -2.14. The SMILES string of the molecule is CCc1ccccc1NC(=O)CN1C(=O)N/C(=C/c2cc(I)c(OCc3ccccc3F)c(OC)c2)C1=O. The van der Waals surface area contributed by atoms with Crippen molar-refractivity contribution in [2.45, 2.75) is 20.0 Å². The highest BCUT2D eigenvalue weighted by Gasteiger charge is 2.35. The highest BCUT2D eigenvalue weighted by Crippen LogP contribution is 2.35. The summed E-state index contributed by atoms with van der Waals surface area (Å²) in [6, 6.07) is 16.4. The van der Waals surface area contributed by atoms with Crippen LogP contribution in [-0.4, -0.2) is 36.4 Å². The number of nitrogens with one attached hydrogen (secondary N) is 2. The number of amides is 4. The summed E-state index contributed by atoms with van der Waals surface area (Å²) in [6.45, 7) is 1.55. The Morgan fingerprint density at radius 3 is 2.53 bits per heavy atom. The van der Waals surface area contributed by atoms with Gasteiger partial charge in [0.1, 0.15) is 24.7 Å². The Kier molecular flexibility index (Phi) is 8.62. The first kappa shape index (κ1) is 27.1. The number of carbonyl (C=O) groups is 3. The van der Waals surface area contributed by atoms with E-state index in [0.717, 1.165) is 16.9 Å². The van der Waals surface area contributed by atoms with Gasteiger partial charge in [-0.05, 0) is 70.5 Å². The first-order valence-corrected chi connectivity index (χ1v) is 12.8. The molecular weight excluding hydrogens is 604 g/mol. The van der Waals surface area contributed by atoms with Gasteiger partial charge in [-0.1, -0.05) is 43.3 Å². The molecule has 0 radical (unpaired) electrons. The maximum Gasteiger partial charge on any atom is 0.329 e. The van der Waals surface area contributed by atoms with Gasteiger partial charge in [-0.3, -0.25) is 9.59 Å². The number of anilines is 1. The number of halogens is 2. The van der Waals surface area contributed by atoms with Gasteiger partial charge in [0.15, 0.2) is 11.5 Å². The molecule has 0 aliphatic carbocycles. The quantitative estimate of drug-likeness (QED) is 0.195. The zero-order chi connectivity index (χ0) is 27.2. The summed E-state index contributed by atoms with van der Waals surface area (Å²) in [7, 11) is 1.47. The zero-order valence-electron chi connectivity index (χ0n) is 20.7. The Hall–Kier alpha value is -3.93. The number of ether oxygens (including phenoxy) is 2. The molecule has 0 bridgehead atoms. The summed E-state index contributed by atoms with van der Waals surface area (Å²) in [6.07, 6.45) is 2.22. The second-order valence-corrected chi connectivity index (χ2v) is 9.51. The summed E-state index contributed by atoms with van der Waals surface area (Å²) in [5.41, 5.74) is 2.58. The molecule has 0 spiro atoms. The molecule has 0 saturated carbocycles. The molecule has 1 saturated heterocycles. The number of rotatable bonds is 9. The summed E-state index contributed by atoms with van der Waals surface area (Å²) in [4.78, 5) is 38.8. The third kappa shape index (κ3) is 6.13. The molecule has 2 N–H and O–H groups in total. The number of hydrogen-bond acceptors (Lipinski definition) is 5. The number of benzene rings is 3. The fourth-order valence-electron chi connectivity index (χ4n) is 3.89. The van der Waals surface area contributed by atoms with E-state index in [-0.39, 0.29) is 18.1 Å². The normalized spacial score (nSPS) is 14.0. The van der Waals surface area contributed by atoms with Gasteiger partial charge < -0.3 is 20.1 Å². The van der Waals surface area contributed by atoms with Crippen LogP contribution in [0.3, 0.4) is 0 Å². The maximum absolute atomic E-state index is 14.0. The van der Waals surface area contributed by atoms with Gasteiger partial charge in [-0.15, -0.1) is 0 Å². The number of carbonyl (C=O) groups excluding carboxylic acids is 3. The summed E-state index contributed by atoms with van der Waals surface area (Å²) in [5, 5.41) is 5.28. The van der Waals surface area contributed by atoms with Crippen molar-refractivity contribution in [3.8, 4) is 11.5 Å². The largest absolute Gasteiger partial charge is 0.493 e. The summed E-state index contributed by atoms with van der Waals surface area (Å²) < 4.78 is 25.9. The third-order valence-corrected chi connectivity index (χ3v) is 6.63. The van der Waals surface area contributed by atoms with Crippen LogP contribution in [-0.2, 0) is 22.6 Å². The molecule has 3 aromatic rings. The highest BCUT2D eigenvalue weighted by atomic mass is 127. The molecule has 4 amide bonds. The van der Waals surface area contributed by atoms with Gasteiger partial charge >= 0.3 is 6.03 Å². The molecule has 8 nitrogen and oxygen atoms in total. The number of urea groups is 1. The molecule has 4 rings (SSSR count). The van der Waals surface area contributed by atoms with Gasteiger partial charge in [0.25, 0.3) is 5.91 Å². The molecule has 0 atom stereocenters. The van der Waals surface area contributed by atoms with Crippen molar-refractivity contribution in [1.82, 2.24) is 10.2 Å². The summed E-state index contributed by atoms with van der Waals surface area (Å²) >= 11 is 2.05.